The molecule has 1 aliphatic rings. The van der Waals surface area contributed by atoms with Crippen LogP contribution in [0.1, 0.15) is 50.9 Å². The van der Waals surface area contributed by atoms with E-state index in [1.165, 1.54) is 5.56 Å². The van der Waals surface area contributed by atoms with Gasteiger partial charge in [-0.15, -0.1) is 0 Å². The number of allylic oxidation sites excluding steroid dienone is 1. The number of nitrogens with zero attached hydrogens (tertiary/aromatic N) is 1. The van der Waals surface area contributed by atoms with E-state index in [9.17, 15) is 9.59 Å². The number of amides is 1. The van der Waals surface area contributed by atoms with Crippen molar-refractivity contribution in [3.8, 4) is 0 Å². The van der Waals surface area contributed by atoms with Gasteiger partial charge in [-0.1, -0.05) is 62.7 Å². The third-order valence-electron chi connectivity index (χ3n) is 4.98. The quantitative estimate of drug-likeness (QED) is 0.808. The first-order valence-corrected chi connectivity index (χ1v) is 9.53. The molecule has 6 heteroatoms. The van der Waals surface area contributed by atoms with Crippen molar-refractivity contribution < 1.29 is 4.79 Å². The van der Waals surface area contributed by atoms with Crippen LogP contribution in [0.2, 0.25) is 5.02 Å². The van der Waals surface area contributed by atoms with E-state index >= 15 is 0 Å². The van der Waals surface area contributed by atoms with Gasteiger partial charge in [0.1, 0.15) is 5.02 Å². The van der Waals surface area contributed by atoms with Crippen molar-refractivity contribution >= 4 is 29.3 Å². The van der Waals surface area contributed by atoms with Crippen LogP contribution in [-0.2, 0) is 10.2 Å². The lowest BCUT2D eigenvalue weighted by Crippen LogP contribution is -2.30. The summed E-state index contributed by atoms with van der Waals surface area (Å²) < 4.78 is 0. The number of rotatable bonds is 4. The van der Waals surface area contributed by atoms with Crippen molar-refractivity contribution in [1.29, 1.82) is 0 Å². The normalized spacial score (nSPS) is 19.8. The SMILES string of the molecule is CC1(C/C=C(/c2ccc(C(C)(C)C)cc2)c2ccc(Cl)c(=O)[nH]2)C=NNC1=O. The molecule has 5 nitrogen and oxygen atoms in total. The van der Waals surface area contributed by atoms with Crippen molar-refractivity contribution in [2.24, 2.45) is 10.5 Å². The summed E-state index contributed by atoms with van der Waals surface area (Å²) in [6.07, 6.45) is 4.03. The third-order valence-corrected chi connectivity index (χ3v) is 5.28. The molecule has 0 radical (unpaired) electrons. The minimum atomic E-state index is -0.719. The number of hydrogen-bond donors (Lipinski definition) is 2. The molecule has 1 unspecified atom stereocenters. The summed E-state index contributed by atoms with van der Waals surface area (Å²) in [4.78, 5) is 27.0. The molecule has 1 amide bonds. The standard InChI is InChI=1S/C22H24ClN3O2/c1-21(2,3)15-7-5-14(6-8-15)16(18-10-9-17(23)19(27)25-18)11-12-22(4)13-24-26-20(22)28/h5-11,13H,12H2,1-4H3,(H,25,27)(H,26,28)/b16-11-. The number of benzene rings is 1. The van der Waals surface area contributed by atoms with E-state index in [1.807, 2.05) is 25.1 Å². The van der Waals surface area contributed by atoms with Gasteiger partial charge in [-0.2, -0.15) is 5.10 Å². The summed E-state index contributed by atoms with van der Waals surface area (Å²) in [5.41, 5.74) is 5.11. The van der Waals surface area contributed by atoms with Crippen molar-refractivity contribution in [2.75, 3.05) is 0 Å². The van der Waals surface area contributed by atoms with Gasteiger partial charge in [-0.25, -0.2) is 5.43 Å². The van der Waals surface area contributed by atoms with Gasteiger partial charge in [0.2, 0.25) is 0 Å². The number of hydrazone groups is 1. The lowest BCUT2D eigenvalue weighted by molar-refractivity contribution is -0.125. The van der Waals surface area contributed by atoms with Crippen LogP contribution in [0.3, 0.4) is 0 Å². The maximum Gasteiger partial charge on any atom is 0.267 e. The fourth-order valence-electron chi connectivity index (χ4n) is 3.03. The van der Waals surface area contributed by atoms with E-state index in [0.29, 0.717) is 12.1 Å². The Morgan fingerprint density at radius 1 is 1.14 bits per heavy atom. The molecule has 0 spiro atoms. The second-order valence-electron chi connectivity index (χ2n) is 8.31. The van der Waals surface area contributed by atoms with Crippen molar-refractivity contribution in [1.82, 2.24) is 10.4 Å². The smallest absolute Gasteiger partial charge is 0.267 e. The molecule has 2 heterocycles. The monoisotopic (exact) mass is 397 g/mol. The van der Waals surface area contributed by atoms with Crippen molar-refractivity contribution in [3.05, 3.63) is 74.7 Å². The number of pyridine rings is 1. The summed E-state index contributed by atoms with van der Waals surface area (Å²) in [6.45, 7) is 8.32. The van der Waals surface area contributed by atoms with Gasteiger partial charge in [0, 0.05) is 17.5 Å². The molecule has 1 aromatic carbocycles. The second kappa shape index (κ2) is 7.40. The Kier molecular flexibility index (Phi) is 5.31. The molecule has 0 aliphatic carbocycles. The molecule has 0 saturated heterocycles. The van der Waals surface area contributed by atoms with Crippen LogP contribution in [-0.4, -0.2) is 17.1 Å². The molecule has 28 heavy (non-hydrogen) atoms. The maximum atomic E-state index is 12.1. The first-order chi connectivity index (χ1) is 13.1. The van der Waals surface area contributed by atoms with Crippen LogP contribution < -0.4 is 11.0 Å². The van der Waals surface area contributed by atoms with Crippen molar-refractivity contribution in [3.63, 3.8) is 0 Å². The fourth-order valence-corrected chi connectivity index (χ4v) is 3.14. The molecule has 0 saturated carbocycles. The molecule has 0 fully saturated rings. The van der Waals surface area contributed by atoms with Crippen LogP contribution in [0.25, 0.3) is 5.57 Å². The first-order valence-electron chi connectivity index (χ1n) is 9.15. The van der Waals surface area contributed by atoms with Crippen LogP contribution in [0.5, 0.6) is 0 Å². The highest BCUT2D eigenvalue weighted by Crippen LogP contribution is 2.30. The highest BCUT2D eigenvalue weighted by molar-refractivity contribution is 6.30. The molecule has 1 atom stereocenters. The van der Waals surface area contributed by atoms with E-state index in [0.717, 1.165) is 11.1 Å². The summed E-state index contributed by atoms with van der Waals surface area (Å²) in [7, 11) is 0. The topological polar surface area (TPSA) is 74.3 Å². The molecule has 146 valence electrons. The van der Waals surface area contributed by atoms with Crippen molar-refractivity contribution in [2.45, 2.75) is 39.5 Å². The number of aromatic amines is 1. The fraction of sp³-hybridized carbons (Fsp3) is 0.318. The highest BCUT2D eigenvalue weighted by Gasteiger charge is 2.34. The zero-order valence-corrected chi connectivity index (χ0v) is 17.2. The van der Waals surface area contributed by atoms with Crippen LogP contribution in [0, 0.1) is 5.41 Å². The summed E-state index contributed by atoms with van der Waals surface area (Å²) in [5.74, 6) is -0.143. The number of aromatic nitrogens is 1. The van der Waals surface area contributed by atoms with Gasteiger partial charge < -0.3 is 4.98 Å². The molecule has 1 aliphatic heterocycles. The minimum absolute atomic E-state index is 0.0445. The largest absolute Gasteiger partial charge is 0.321 e. The van der Waals surface area contributed by atoms with E-state index < -0.39 is 5.41 Å². The predicted octanol–water partition coefficient (Wildman–Crippen LogP) is 4.27. The number of nitrogens with one attached hydrogen (secondary N) is 2. The van der Waals surface area contributed by atoms with Gasteiger partial charge in [0.25, 0.3) is 11.5 Å². The second-order valence-corrected chi connectivity index (χ2v) is 8.72. The Bertz CT molecular complexity index is 1010. The number of carbonyl (C=O) groups is 1. The molecule has 1 aromatic heterocycles. The van der Waals surface area contributed by atoms with Gasteiger partial charge in [0.15, 0.2) is 0 Å². The maximum absolute atomic E-state index is 12.1. The third kappa shape index (κ3) is 4.09. The Morgan fingerprint density at radius 2 is 1.82 bits per heavy atom. The molecule has 0 bridgehead atoms. The Hall–Kier alpha value is -2.66. The van der Waals surface area contributed by atoms with Gasteiger partial charge in [-0.3, -0.25) is 9.59 Å². The lowest BCUT2D eigenvalue weighted by atomic mass is 9.84. The van der Waals surface area contributed by atoms with E-state index in [4.69, 9.17) is 11.6 Å². The summed E-state index contributed by atoms with van der Waals surface area (Å²) >= 11 is 5.89. The molecular formula is C22H24ClN3O2. The number of halogens is 1. The van der Waals surface area contributed by atoms with Crippen LogP contribution in [0.4, 0.5) is 0 Å². The number of carbonyl (C=O) groups excluding carboxylic acids is 1. The first kappa shape index (κ1) is 20.1. The van der Waals surface area contributed by atoms with Gasteiger partial charge in [-0.05, 0) is 42.0 Å². The summed E-state index contributed by atoms with van der Waals surface area (Å²) in [6, 6.07) is 11.6. The molecule has 2 aromatic rings. The number of hydrogen-bond acceptors (Lipinski definition) is 3. The van der Waals surface area contributed by atoms with E-state index in [-0.39, 0.29) is 21.9 Å². The van der Waals surface area contributed by atoms with E-state index in [1.54, 1.807) is 18.3 Å². The molecule has 3 rings (SSSR count). The average Bonchev–Trinajstić information content (AvgIpc) is 2.97. The summed E-state index contributed by atoms with van der Waals surface area (Å²) in [5, 5.41) is 4.02. The zero-order valence-electron chi connectivity index (χ0n) is 16.5. The highest BCUT2D eigenvalue weighted by atomic mass is 35.5. The van der Waals surface area contributed by atoms with Crippen LogP contribution >= 0.6 is 11.6 Å². The van der Waals surface area contributed by atoms with Gasteiger partial charge >= 0.3 is 0 Å². The Morgan fingerprint density at radius 3 is 2.36 bits per heavy atom. The molecule has 2 N–H and O–H groups in total. The number of H-pyrrole nitrogens is 1. The van der Waals surface area contributed by atoms with Gasteiger partial charge in [0.05, 0.1) is 5.41 Å². The Labute approximate surface area is 169 Å². The Balaban J connectivity index is 2.05. The lowest BCUT2D eigenvalue weighted by Gasteiger charge is -2.20. The molecular weight excluding hydrogens is 374 g/mol. The average molecular weight is 398 g/mol. The van der Waals surface area contributed by atoms with E-state index in [2.05, 4.69) is 48.4 Å². The predicted molar refractivity (Wildman–Crippen MR) is 114 cm³/mol. The minimum Gasteiger partial charge on any atom is -0.321 e. The van der Waals surface area contributed by atoms with Crippen LogP contribution in [0.15, 0.2) is 52.4 Å². The zero-order chi connectivity index (χ0) is 20.5.